The summed E-state index contributed by atoms with van der Waals surface area (Å²) < 4.78 is 15.5. The Morgan fingerprint density at radius 2 is 1.86 bits per heavy atom. The van der Waals surface area contributed by atoms with Crippen LogP contribution in [-0.4, -0.2) is 37.4 Å². The zero-order valence-corrected chi connectivity index (χ0v) is 12.2. The number of hydrogen-bond donors (Lipinski definition) is 1. The second kappa shape index (κ2) is 8.06. The number of anilines is 1. The van der Waals surface area contributed by atoms with Crippen molar-refractivity contribution in [3.05, 3.63) is 42.2 Å². The van der Waals surface area contributed by atoms with Crippen molar-refractivity contribution in [3.8, 4) is 11.6 Å². The molecule has 1 N–H and O–H groups in total. The number of hydrogen-bond acceptors (Lipinski definition) is 6. The molecule has 0 aliphatic rings. The normalized spacial score (nSPS) is 10.2. The molecule has 0 aliphatic heterocycles. The zero-order chi connectivity index (χ0) is 14.9. The van der Waals surface area contributed by atoms with Crippen LogP contribution in [0.15, 0.2) is 36.7 Å². The van der Waals surface area contributed by atoms with Crippen LogP contribution in [0.2, 0.25) is 0 Å². The third-order valence-electron chi connectivity index (χ3n) is 2.81. The molecule has 1 aromatic carbocycles. The summed E-state index contributed by atoms with van der Waals surface area (Å²) in [6.07, 6.45) is 1.47. The Hall–Kier alpha value is -2.34. The highest BCUT2D eigenvalue weighted by Gasteiger charge is 2.00. The topological polar surface area (TPSA) is 65.5 Å². The standard InChI is InChI=1S/C15H19N3O3/c1-19-7-8-21-15-9-14(17-11-18-15)16-10-12-3-5-13(20-2)6-4-12/h3-6,9,11H,7-8,10H2,1-2H3,(H,16,17,18). The van der Waals surface area contributed by atoms with Crippen molar-refractivity contribution in [1.29, 1.82) is 0 Å². The Morgan fingerprint density at radius 1 is 1.05 bits per heavy atom. The summed E-state index contributed by atoms with van der Waals surface area (Å²) in [6, 6.07) is 9.62. The van der Waals surface area contributed by atoms with E-state index < -0.39 is 0 Å². The molecule has 0 amide bonds. The Morgan fingerprint density at radius 3 is 2.57 bits per heavy atom. The smallest absolute Gasteiger partial charge is 0.218 e. The molecule has 0 radical (unpaired) electrons. The van der Waals surface area contributed by atoms with Gasteiger partial charge in [0.25, 0.3) is 0 Å². The molecule has 0 bridgehead atoms. The number of benzene rings is 1. The number of aromatic nitrogens is 2. The van der Waals surface area contributed by atoms with Gasteiger partial charge in [0, 0.05) is 19.7 Å². The number of nitrogens with zero attached hydrogens (tertiary/aromatic N) is 2. The lowest BCUT2D eigenvalue weighted by molar-refractivity contribution is 0.143. The van der Waals surface area contributed by atoms with E-state index in [0.717, 1.165) is 11.3 Å². The summed E-state index contributed by atoms with van der Waals surface area (Å²) in [4.78, 5) is 8.20. The number of methoxy groups -OCH3 is 2. The average Bonchev–Trinajstić information content (AvgIpc) is 2.54. The Kier molecular flexibility index (Phi) is 5.78. The first-order chi connectivity index (χ1) is 10.3. The lowest BCUT2D eigenvalue weighted by Gasteiger charge is -2.08. The average molecular weight is 289 g/mol. The van der Waals surface area contributed by atoms with Gasteiger partial charge in [-0.2, -0.15) is 0 Å². The van der Waals surface area contributed by atoms with E-state index in [-0.39, 0.29) is 0 Å². The van der Waals surface area contributed by atoms with Crippen LogP contribution in [-0.2, 0) is 11.3 Å². The summed E-state index contributed by atoms with van der Waals surface area (Å²) in [5.41, 5.74) is 1.14. The summed E-state index contributed by atoms with van der Waals surface area (Å²) in [5, 5.41) is 3.23. The SMILES string of the molecule is COCCOc1cc(NCc2ccc(OC)cc2)ncn1. The van der Waals surface area contributed by atoms with Crippen LogP contribution in [0.5, 0.6) is 11.6 Å². The molecule has 0 saturated carbocycles. The maximum atomic E-state index is 5.44. The van der Waals surface area contributed by atoms with Gasteiger partial charge in [0.1, 0.15) is 24.5 Å². The van der Waals surface area contributed by atoms with E-state index >= 15 is 0 Å². The van der Waals surface area contributed by atoms with Crippen molar-refractivity contribution >= 4 is 5.82 Å². The second-order valence-electron chi connectivity index (χ2n) is 4.28. The minimum absolute atomic E-state index is 0.464. The Bertz CT molecular complexity index is 546. The minimum Gasteiger partial charge on any atom is -0.497 e. The predicted octanol–water partition coefficient (Wildman–Crippen LogP) is 2.12. The van der Waals surface area contributed by atoms with Crippen LogP contribution >= 0.6 is 0 Å². The molecule has 0 spiro atoms. The van der Waals surface area contributed by atoms with Crippen LogP contribution < -0.4 is 14.8 Å². The maximum absolute atomic E-state index is 5.44. The van der Waals surface area contributed by atoms with E-state index in [1.165, 1.54) is 6.33 Å². The third-order valence-corrected chi connectivity index (χ3v) is 2.81. The molecule has 112 valence electrons. The molecular formula is C15H19N3O3. The molecule has 6 nitrogen and oxygen atoms in total. The van der Waals surface area contributed by atoms with Crippen molar-refractivity contribution < 1.29 is 14.2 Å². The van der Waals surface area contributed by atoms with Gasteiger partial charge < -0.3 is 19.5 Å². The van der Waals surface area contributed by atoms with Crippen molar-refractivity contribution in [1.82, 2.24) is 9.97 Å². The van der Waals surface area contributed by atoms with E-state index in [1.807, 2.05) is 24.3 Å². The fraction of sp³-hybridized carbons (Fsp3) is 0.333. The van der Waals surface area contributed by atoms with Gasteiger partial charge in [0.15, 0.2) is 0 Å². The molecular weight excluding hydrogens is 270 g/mol. The van der Waals surface area contributed by atoms with Gasteiger partial charge in [-0.1, -0.05) is 12.1 Å². The van der Waals surface area contributed by atoms with Gasteiger partial charge in [-0.15, -0.1) is 0 Å². The van der Waals surface area contributed by atoms with Gasteiger partial charge in [0.05, 0.1) is 13.7 Å². The van der Waals surface area contributed by atoms with E-state index in [0.29, 0.717) is 31.5 Å². The fourth-order valence-corrected chi connectivity index (χ4v) is 1.68. The quantitative estimate of drug-likeness (QED) is 0.751. The van der Waals surface area contributed by atoms with E-state index in [1.54, 1.807) is 20.3 Å². The van der Waals surface area contributed by atoms with Crippen molar-refractivity contribution in [2.24, 2.45) is 0 Å². The van der Waals surface area contributed by atoms with Crippen LogP contribution in [0.1, 0.15) is 5.56 Å². The number of ether oxygens (including phenoxy) is 3. The molecule has 0 unspecified atom stereocenters. The van der Waals surface area contributed by atoms with Gasteiger partial charge in [-0.25, -0.2) is 9.97 Å². The second-order valence-corrected chi connectivity index (χ2v) is 4.28. The summed E-state index contributed by atoms with van der Waals surface area (Å²) in [6.45, 7) is 1.66. The van der Waals surface area contributed by atoms with Crippen LogP contribution in [0.25, 0.3) is 0 Å². The zero-order valence-electron chi connectivity index (χ0n) is 12.2. The maximum Gasteiger partial charge on any atom is 0.218 e. The van der Waals surface area contributed by atoms with E-state index in [2.05, 4.69) is 15.3 Å². The first-order valence-corrected chi connectivity index (χ1v) is 6.62. The number of nitrogens with one attached hydrogen (secondary N) is 1. The monoisotopic (exact) mass is 289 g/mol. The molecule has 0 atom stereocenters. The highest BCUT2D eigenvalue weighted by Crippen LogP contribution is 2.14. The highest BCUT2D eigenvalue weighted by molar-refractivity contribution is 5.38. The first-order valence-electron chi connectivity index (χ1n) is 6.62. The van der Waals surface area contributed by atoms with E-state index in [9.17, 15) is 0 Å². The van der Waals surface area contributed by atoms with Crippen molar-refractivity contribution in [2.45, 2.75) is 6.54 Å². The Labute approximate surface area is 124 Å². The molecule has 2 rings (SSSR count). The lowest BCUT2D eigenvalue weighted by Crippen LogP contribution is -2.07. The lowest BCUT2D eigenvalue weighted by atomic mass is 10.2. The fourth-order valence-electron chi connectivity index (χ4n) is 1.68. The van der Waals surface area contributed by atoms with Crippen molar-refractivity contribution in [2.75, 3.05) is 32.8 Å². The van der Waals surface area contributed by atoms with Gasteiger partial charge in [0.2, 0.25) is 5.88 Å². The molecule has 1 aromatic heterocycles. The molecule has 0 fully saturated rings. The molecule has 1 heterocycles. The molecule has 21 heavy (non-hydrogen) atoms. The van der Waals surface area contributed by atoms with Gasteiger partial charge in [-0.05, 0) is 17.7 Å². The molecule has 0 saturated heterocycles. The number of rotatable bonds is 8. The summed E-state index contributed by atoms with van der Waals surface area (Å²) in [7, 11) is 3.28. The first kappa shape index (κ1) is 15.1. The van der Waals surface area contributed by atoms with Crippen LogP contribution in [0.3, 0.4) is 0 Å². The van der Waals surface area contributed by atoms with Crippen molar-refractivity contribution in [3.63, 3.8) is 0 Å². The largest absolute Gasteiger partial charge is 0.497 e. The third kappa shape index (κ3) is 4.92. The molecule has 0 aliphatic carbocycles. The minimum atomic E-state index is 0.464. The van der Waals surface area contributed by atoms with Crippen LogP contribution in [0.4, 0.5) is 5.82 Å². The molecule has 2 aromatic rings. The molecule has 6 heteroatoms. The van der Waals surface area contributed by atoms with E-state index in [4.69, 9.17) is 14.2 Å². The highest BCUT2D eigenvalue weighted by atomic mass is 16.5. The Balaban J connectivity index is 1.88. The van der Waals surface area contributed by atoms with Gasteiger partial charge >= 0.3 is 0 Å². The summed E-state index contributed by atoms with van der Waals surface area (Å²) >= 11 is 0. The summed E-state index contributed by atoms with van der Waals surface area (Å²) in [5.74, 6) is 2.09. The van der Waals surface area contributed by atoms with Crippen LogP contribution in [0, 0.1) is 0 Å². The van der Waals surface area contributed by atoms with Gasteiger partial charge in [-0.3, -0.25) is 0 Å². The predicted molar refractivity (Wildman–Crippen MR) is 79.7 cm³/mol.